The number of anilines is 2. The average Bonchev–Trinajstić information content (AvgIpc) is 3.18. The van der Waals surface area contributed by atoms with Crippen LogP contribution in [-0.4, -0.2) is 29.5 Å². The Bertz CT molecular complexity index is 1020. The average molecular weight is 381 g/mol. The van der Waals surface area contributed by atoms with E-state index in [0.29, 0.717) is 0 Å². The summed E-state index contributed by atoms with van der Waals surface area (Å²) >= 11 is 1.78. The number of benzene rings is 1. The molecule has 1 aliphatic carbocycles. The van der Waals surface area contributed by atoms with E-state index < -0.39 is 0 Å². The Morgan fingerprint density at radius 1 is 1.19 bits per heavy atom. The van der Waals surface area contributed by atoms with E-state index >= 15 is 0 Å². The van der Waals surface area contributed by atoms with Crippen LogP contribution in [0.5, 0.6) is 0 Å². The first-order valence-corrected chi connectivity index (χ1v) is 10.1. The van der Waals surface area contributed by atoms with Crippen LogP contribution in [0.4, 0.5) is 11.5 Å². The number of rotatable bonds is 4. The van der Waals surface area contributed by atoms with Gasteiger partial charge in [-0.05, 0) is 56.7 Å². The Morgan fingerprint density at radius 2 is 1.93 bits per heavy atom. The van der Waals surface area contributed by atoms with Crippen molar-refractivity contribution in [3.8, 4) is 0 Å². The van der Waals surface area contributed by atoms with E-state index in [2.05, 4.69) is 15.3 Å². The molecule has 3 aromatic rings. The number of aryl methyl sites for hydroxylation is 5. The normalized spacial score (nSPS) is 13.0. The molecule has 0 saturated heterocycles. The lowest BCUT2D eigenvalue weighted by Crippen LogP contribution is -2.31. The zero-order valence-corrected chi connectivity index (χ0v) is 17.0. The Labute approximate surface area is 163 Å². The molecule has 140 valence electrons. The molecule has 4 rings (SSSR count). The predicted molar refractivity (Wildman–Crippen MR) is 112 cm³/mol. The van der Waals surface area contributed by atoms with Gasteiger partial charge in [0.1, 0.15) is 16.5 Å². The van der Waals surface area contributed by atoms with Crippen molar-refractivity contribution in [2.75, 3.05) is 23.8 Å². The van der Waals surface area contributed by atoms with Crippen LogP contribution in [0.25, 0.3) is 10.2 Å². The summed E-state index contributed by atoms with van der Waals surface area (Å²) in [6.07, 6.45) is 3.41. The zero-order chi connectivity index (χ0) is 19.1. The van der Waals surface area contributed by atoms with Crippen molar-refractivity contribution in [3.63, 3.8) is 0 Å². The molecular weight excluding hydrogens is 356 g/mol. The molecule has 0 aliphatic heterocycles. The number of hydrogen-bond acceptors (Lipinski definition) is 5. The van der Waals surface area contributed by atoms with E-state index in [-0.39, 0.29) is 12.5 Å². The number of carbonyl (C=O) groups is 1. The van der Waals surface area contributed by atoms with Crippen molar-refractivity contribution >= 4 is 39.0 Å². The van der Waals surface area contributed by atoms with Crippen molar-refractivity contribution in [2.45, 2.75) is 40.0 Å². The SMILES string of the molecule is Cc1nc(N(C)CC(=O)Nc2c(C)cccc2C)c2c3c(sc2n1)CCC3. The van der Waals surface area contributed by atoms with Gasteiger partial charge >= 0.3 is 0 Å². The highest BCUT2D eigenvalue weighted by molar-refractivity contribution is 7.19. The third-order valence-electron chi connectivity index (χ3n) is 5.15. The largest absolute Gasteiger partial charge is 0.350 e. The number of nitrogens with one attached hydrogen (secondary N) is 1. The lowest BCUT2D eigenvalue weighted by molar-refractivity contribution is -0.114. The first-order valence-electron chi connectivity index (χ1n) is 9.30. The van der Waals surface area contributed by atoms with Gasteiger partial charge in [-0.25, -0.2) is 9.97 Å². The molecule has 0 fully saturated rings. The van der Waals surface area contributed by atoms with E-state index in [1.54, 1.807) is 11.3 Å². The fourth-order valence-corrected chi connectivity index (χ4v) is 5.14. The maximum absolute atomic E-state index is 12.7. The van der Waals surface area contributed by atoms with Gasteiger partial charge in [-0.2, -0.15) is 0 Å². The maximum atomic E-state index is 12.7. The summed E-state index contributed by atoms with van der Waals surface area (Å²) in [6.45, 7) is 6.19. The summed E-state index contributed by atoms with van der Waals surface area (Å²) in [4.78, 5) is 26.4. The predicted octanol–water partition coefficient (Wildman–Crippen LogP) is 4.18. The van der Waals surface area contributed by atoms with Crippen LogP contribution in [0.15, 0.2) is 18.2 Å². The first-order chi connectivity index (χ1) is 12.9. The number of likely N-dealkylation sites (N-methyl/N-ethyl adjacent to an activating group) is 1. The van der Waals surface area contributed by atoms with Crippen molar-refractivity contribution < 1.29 is 4.79 Å². The van der Waals surface area contributed by atoms with Crippen molar-refractivity contribution in [1.29, 1.82) is 0 Å². The van der Waals surface area contributed by atoms with Crippen LogP contribution >= 0.6 is 11.3 Å². The number of hydrogen-bond donors (Lipinski definition) is 1. The van der Waals surface area contributed by atoms with Gasteiger partial charge in [-0.15, -0.1) is 11.3 Å². The second-order valence-corrected chi connectivity index (χ2v) is 8.39. The van der Waals surface area contributed by atoms with E-state index in [1.165, 1.54) is 16.9 Å². The van der Waals surface area contributed by atoms with E-state index in [1.807, 2.05) is 50.9 Å². The Morgan fingerprint density at radius 3 is 2.67 bits per heavy atom. The molecule has 0 spiro atoms. The maximum Gasteiger partial charge on any atom is 0.243 e. The highest BCUT2D eigenvalue weighted by Gasteiger charge is 2.24. The number of aromatic nitrogens is 2. The summed E-state index contributed by atoms with van der Waals surface area (Å²) in [5.41, 5.74) is 4.42. The molecule has 0 radical (unpaired) electrons. The topological polar surface area (TPSA) is 58.1 Å². The fourth-order valence-electron chi connectivity index (χ4n) is 3.84. The lowest BCUT2D eigenvalue weighted by atomic mass is 10.1. The fraction of sp³-hybridized carbons (Fsp3) is 0.381. The zero-order valence-electron chi connectivity index (χ0n) is 16.2. The summed E-state index contributed by atoms with van der Waals surface area (Å²) in [6, 6.07) is 6.03. The quantitative estimate of drug-likeness (QED) is 0.738. The molecule has 1 amide bonds. The molecular formula is C21H24N4OS. The van der Waals surface area contributed by atoms with Gasteiger partial charge in [0, 0.05) is 17.6 Å². The molecule has 0 saturated carbocycles. The monoisotopic (exact) mass is 380 g/mol. The molecule has 6 heteroatoms. The standard InChI is InChI=1S/C21H24N4OS/c1-12-7-5-8-13(2)19(12)24-17(26)11-25(4)20-18-15-9-6-10-16(15)27-21(18)23-14(3)22-20/h5,7-8H,6,9-11H2,1-4H3,(H,24,26). The lowest BCUT2D eigenvalue weighted by Gasteiger charge is -2.20. The molecule has 0 atom stereocenters. The van der Waals surface area contributed by atoms with Crippen LogP contribution in [0, 0.1) is 20.8 Å². The van der Waals surface area contributed by atoms with Crippen LogP contribution in [0.2, 0.25) is 0 Å². The van der Waals surface area contributed by atoms with Crippen LogP contribution in [0.1, 0.15) is 33.8 Å². The van der Waals surface area contributed by atoms with Gasteiger partial charge in [-0.1, -0.05) is 18.2 Å². The van der Waals surface area contributed by atoms with Gasteiger partial charge in [0.05, 0.1) is 11.9 Å². The van der Waals surface area contributed by atoms with E-state index in [4.69, 9.17) is 0 Å². The van der Waals surface area contributed by atoms with Gasteiger partial charge in [0.25, 0.3) is 0 Å². The molecule has 2 heterocycles. The van der Waals surface area contributed by atoms with Crippen molar-refractivity contribution in [3.05, 3.63) is 45.6 Å². The second-order valence-electron chi connectivity index (χ2n) is 7.30. The molecule has 0 unspecified atom stereocenters. The Hall–Kier alpha value is -2.47. The third-order valence-corrected chi connectivity index (χ3v) is 6.33. The number of fused-ring (bicyclic) bond motifs is 3. The number of amides is 1. The molecule has 2 aromatic heterocycles. The number of para-hydroxylation sites is 1. The van der Waals surface area contributed by atoms with E-state index in [0.717, 1.165) is 51.5 Å². The minimum Gasteiger partial charge on any atom is -0.350 e. The summed E-state index contributed by atoms with van der Waals surface area (Å²) in [5, 5.41) is 4.21. The molecule has 1 aliphatic rings. The van der Waals surface area contributed by atoms with Crippen LogP contribution < -0.4 is 10.2 Å². The molecule has 1 aromatic carbocycles. The Balaban J connectivity index is 1.61. The smallest absolute Gasteiger partial charge is 0.243 e. The van der Waals surface area contributed by atoms with Crippen molar-refractivity contribution in [1.82, 2.24) is 9.97 Å². The number of carbonyl (C=O) groups excluding carboxylic acids is 1. The Kier molecular flexibility index (Phi) is 4.60. The highest BCUT2D eigenvalue weighted by Crippen LogP contribution is 2.40. The first kappa shape index (κ1) is 17.9. The summed E-state index contributed by atoms with van der Waals surface area (Å²) in [5.74, 6) is 1.58. The van der Waals surface area contributed by atoms with Gasteiger partial charge in [0.15, 0.2) is 0 Å². The summed E-state index contributed by atoms with van der Waals surface area (Å²) < 4.78 is 0. The molecule has 5 nitrogen and oxygen atoms in total. The van der Waals surface area contributed by atoms with Gasteiger partial charge < -0.3 is 10.2 Å². The molecule has 0 bridgehead atoms. The minimum atomic E-state index is -0.0359. The van der Waals surface area contributed by atoms with Crippen LogP contribution in [-0.2, 0) is 17.6 Å². The van der Waals surface area contributed by atoms with E-state index in [9.17, 15) is 4.79 Å². The minimum absolute atomic E-state index is 0.0359. The number of thiophene rings is 1. The van der Waals surface area contributed by atoms with Gasteiger partial charge in [-0.3, -0.25) is 4.79 Å². The van der Waals surface area contributed by atoms with Crippen molar-refractivity contribution in [2.24, 2.45) is 0 Å². The summed E-state index contributed by atoms with van der Waals surface area (Å²) in [7, 11) is 1.94. The van der Waals surface area contributed by atoms with Crippen LogP contribution in [0.3, 0.4) is 0 Å². The second kappa shape index (κ2) is 6.93. The molecule has 1 N–H and O–H groups in total. The third kappa shape index (κ3) is 3.30. The number of nitrogens with zero attached hydrogens (tertiary/aromatic N) is 3. The highest BCUT2D eigenvalue weighted by atomic mass is 32.1. The molecule has 27 heavy (non-hydrogen) atoms. The van der Waals surface area contributed by atoms with Gasteiger partial charge in [0.2, 0.25) is 5.91 Å².